The molecule has 0 heterocycles. The molecule has 2 N–H and O–H groups in total. The molecule has 3 aromatic rings. The average Bonchev–Trinajstić information content (AvgIpc) is 2.82. The van der Waals surface area contributed by atoms with E-state index in [9.17, 15) is 14.0 Å². The van der Waals surface area contributed by atoms with Crippen LogP contribution >= 0.6 is 0 Å². The first kappa shape index (κ1) is 22.5. The number of benzene rings is 3. The fourth-order valence-corrected chi connectivity index (χ4v) is 2.70. The third kappa shape index (κ3) is 6.66. The Morgan fingerprint density at radius 2 is 1.75 bits per heavy atom. The van der Waals surface area contributed by atoms with Crippen LogP contribution in [0.15, 0.2) is 77.9 Å². The molecule has 0 bridgehead atoms. The van der Waals surface area contributed by atoms with Crippen molar-refractivity contribution in [1.29, 1.82) is 0 Å². The van der Waals surface area contributed by atoms with Crippen LogP contribution in [0.2, 0.25) is 0 Å². The Kier molecular flexibility index (Phi) is 7.91. The number of halogens is 1. The summed E-state index contributed by atoms with van der Waals surface area (Å²) in [6.07, 6.45) is 1.45. The first-order chi connectivity index (χ1) is 15.5. The van der Waals surface area contributed by atoms with Gasteiger partial charge in [-0.1, -0.05) is 30.3 Å². The number of hydrogen-bond donors (Lipinski definition) is 2. The molecule has 3 aromatic carbocycles. The number of nitrogens with one attached hydrogen (secondary N) is 2. The Hall–Kier alpha value is -4.20. The minimum Gasteiger partial charge on any atom is -0.493 e. The van der Waals surface area contributed by atoms with Gasteiger partial charge in [-0.3, -0.25) is 9.59 Å². The molecule has 0 fully saturated rings. The fraction of sp³-hybridized carbons (Fsp3) is 0.125. The summed E-state index contributed by atoms with van der Waals surface area (Å²) in [5.74, 6) is -0.323. The van der Waals surface area contributed by atoms with Crippen molar-refractivity contribution in [3.63, 3.8) is 0 Å². The molecule has 164 valence electrons. The van der Waals surface area contributed by atoms with E-state index in [0.717, 1.165) is 5.56 Å². The van der Waals surface area contributed by atoms with Gasteiger partial charge in [0.25, 0.3) is 11.8 Å². The Morgan fingerprint density at radius 3 is 2.47 bits per heavy atom. The van der Waals surface area contributed by atoms with E-state index in [0.29, 0.717) is 23.7 Å². The number of rotatable bonds is 9. The summed E-state index contributed by atoms with van der Waals surface area (Å²) in [6.45, 7) is 0.132. The second-order valence-electron chi connectivity index (χ2n) is 6.67. The van der Waals surface area contributed by atoms with Crippen LogP contribution in [0.25, 0.3) is 0 Å². The maximum absolute atomic E-state index is 12.9. The van der Waals surface area contributed by atoms with Crippen LogP contribution in [0, 0.1) is 5.82 Å². The molecule has 3 rings (SSSR count). The zero-order valence-electron chi connectivity index (χ0n) is 17.4. The Balaban J connectivity index is 1.49. The molecule has 0 saturated heterocycles. The molecule has 7 nitrogen and oxygen atoms in total. The van der Waals surface area contributed by atoms with E-state index in [-0.39, 0.29) is 12.1 Å². The first-order valence-corrected chi connectivity index (χ1v) is 9.75. The summed E-state index contributed by atoms with van der Waals surface area (Å²) in [7, 11) is 1.54. The Bertz CT molecular complexity index is 1090. The number of methoxy groups -OCH3 is 1. The first-order valence-electron chi connectivity index (χ1n) is 9.75. The topological polar surface area (TPSA) is 89.0 Å². The van der Waals surface area contributed by atoms with Crippen molar-refractivity contribution < 1.29 is 23.5 Å². The standard InChI is InChI=1S/C24H22FN3O4/c1-31-22-13-18(7-12-21(22)32-16-17-5-3-2-4-6-17)14-27-28-23(29)15-26-24(30)19-8-10-20(25)11-9-19/h2-14H,15-16H2,1H3,(H,26,30)(H,28,29)/b27-14+. The third-order valence-corrected chi connectivity index (χ3v) is 4.34. The molecule has 0 aliphatic heterocycles. The highest BCUT2D eigenvalue weighted by atomic mass is 19.1. The molecular weight excluding hydrogens is 413 g/mol. The number of carbonyl (C=O) groups is 2. The summed E-state index contributed by atoms with van der Waals surface area (Å²) < 4.78 is 24.1. The number of ether oxygens (including phenoxy) is 2. The van der Waals surface area contributed by atoms with E-state index in [1.165, 1.54) is 37.6 Å². The van der Waals surface area contributed by atoms with Crippen molar-refractivity contribution in [2.45, 2.75) is 6.61 Å². The van der Waals surface area contributed by atoms with Gasteiger partial charge in [0, 0.05) is 5.56 Å². The summed E-state index contributed by atoms with van der Waals surface area (Å²) in [4.78, 5) is 23.8. The highest BCUT2D eigenvalue weighted by Crippen LogP contribution is 2.28. The van der Waals surface area contributed by atoms with Crippen LogP contribution < -0.4 is 20.2 Å². The average molecular weight is 435 g/mol. The van der Waals surface area contributed by atoms with Crippen LogP contribution in [0.4, 0.5) is 4.39 Å². The van der Waals surface area contributed by atoms with Crippen molar-refractivity contribution in [1.82, 2.24) is 10.7 Å². The highest BCUT2D eigenvalue weighted by Gasteiger charge is 2.08. The second kappa shape index (κ2) is 11.3. The van der Waals surface area contributed by atoms with Crippen LogP contribution in [0.1, 0.15) is 21.5 Å². The highest BCUT2D eigenvalue weighted by molar-refractivity contribution is 5.96. The van der Waals surface area contributed by atoms with E-state index in [1.807, 2.05) is 30.3 Å². The molecule has 0 saturated carbocycles. The van der Waals surface area contributed by atoms with E-state index in [2.05, 4.69) is 15.8 Å². The van der Waals surface area contributed by atoms with Crippen LogP contribution in [0.5, 0.6) is 11.5 Å². The number of hydrazone groups is 1. The fourth-order valence-electron chi connectivity index (χ4n) is 2.70. The molecule has 0 aromatic heterocycles. The van der Waals surface area contributed by atoms with E-state index in [1.54, 1.807) is 18.2 Å². The van der Waals surface area contributed by atoms with Gasteiger partial charge < -0.3 is 14.8 Å². The van der Waals surface area contributed by atoms with Crippen LogP contribution in [-0.2, 0) is 11.4 Å². The van der Waals surface area contributed by atoms with E-state index < -0.39 is 17.6 Å². The lowest BCUT2D eigenvalue weighted by atomic mass is 10.2. The van der Waals surface area contributed by atoms with Gasteiger partial charge >= 0.3 is 0 Å². The molecule has 0 aliphatic carbocycles. The monoisotopic (exact) mass is 435 g/mol. The molecular formula is C24H22FN3O4. The summed E-state index contributed by atoms with van der Waals surface area (Å²) in [5.41, 5.74) is 4.30. The lowest BCUT2D eigenvalue weighted by Crippen LogP contribution is -2.34. The Morgan fingerprint density at radius 1 is 1.00 bits per heavy atom. The van der Waals surface area contributed by atoms with Crippen molar-refractivity contribution in [3.05, 3.63) is 95.3 Å². The van der Waals surface area contributed by atoms with Crippen molar-refractivity contribution in [3.8, 4) is 11.5 Å². The number of nitrogens with zero attached hydrogens (tertiary/aromatic N) is 1. The molecule has 8 heteroatoms. The second-order valence-corrected chi connectivity index (χ2v) is 6.67. The lowest BCUT2D eigenvalue weighted by Gasteiger charge is -2.11. The van der Waals surface area contributed by atoms with Gasteiger partial charge in [-0.05, 0) is 53.6 Å². The summed E-state index contributed by atoms with van der Waals surface area (Å²) in [6, 6.07) is 20.0. The third-order valence-electron chi connectivity index (χ3n) is 4.34. The number of amides is 2. The van der Waals surface area contributed by atoms with E-state index in [4.69, 9.17) is 9.47 Å². The zero-order valence-corrected chi connectivity index (χ0v) is 17.4. The van der Waals surface area contributed by atoms with Gasteiger partial charge in [0.15, 0.2) is 11.5 Å². The molecule has 0 radical (unpaired) electrons. The molecule has 0 spiro atoms. The van der Waals surface area contributed by atoms with Crippen molar-refractivity contribution in [2.75, 3.05) is 13.7 Å². The van der Waals surface area contributed by atoms with E-state index >= 15 is 0 Å². The molecule has 0 aliphatic rings. The minimum atomic E-state index is -0.508. The van der Waals surface area contributed by atoms with Gasteiger partial charge in [-0.2, -0.15) is 5.10 Å². The van der Waals surface area contributed by atoms with Gasteiger partial charge in [-0.25, -0.2) is 9.82 Å². The van der Waals surface area contributed by atoms with Gasteiger partial charge in [0.1, 0.15) is 12.4 Å². The van der Waals surface area contributed by atoms with Crippen LogP contribution in [0.3, 0.4) is 0 Å². The zero-order chi connectivity index (χ0) is 22.8. The van der Waals surface area contributed by atoms with Crippen LogP contribution in [-0.4, -0.2) is 31.7 Å². The largest absolute Gasteiger partial charge is 0.493 e. The molecule has 0 atom stereocenters. The van der Waals surface area contributed by atoms with Gasteiger partial charge in [-0.15, -0.1) is 0 Å². The lowest BCUT2D eigenvalue weighted by molar-refractivity contribution is -0.120. The van der Waals surface area contributed by atoms with Gasteiger partial charge in [0.2, 0.25) is 0 Å². The summed E-state index contributed by atoms with van der Waals surface area (Å²) in [5, 5.41) is 6.32. The minimum absolute atomic E-state index is 0.254. The predicted octanol–water partition coefficient (Wildman–Crippen LogP) is 3.29. The molecule has 0 unspecified atom stereocenters. The SMILES string of the molecule is COc1cc(/C=N/NC(=O)CNC(=O)c2ccc(F)cc2)ccc1OCc1ccccc1. The maximum atomic E-state index is 12.9. The van der Waals surface area contributed by atoms with Gasteiger partial charge in [0.05, 0.1) is 19.9 Å². The maximum Gasteiger partial charge on any atom is 0.259 e. The van der Waals surface area contributed by atoms with Crippen molar-refractivity contribution >= 4 is 18.0 Å². The van der Waals surface area contributed by atoms with Crippen molar-refractivity contribution in [2.24, 2.45) is 5.10 Å². The quantitative estimate of drug-likeness (QED) is 0.399. The predicted molar refractivity (Wildman–Crippen MR) is 118 cm³/mol. The smallest absolute Gasteiger partial charge is 0.259 e. The summed E-state index contributed by atoms with van der Waals surface area (Å²) >= 11 is 0. The molecule has 2 amide bonds. The number of hydrogen-bond acceptors (Lipinski definition) is 5. The Labute approximate surface area is 184 Å². The normalized spacial score (nSPS) is 10.6. The molecule has 32 heavy (non-hydrogen) atoms. The number of carbonyl (C=O) groups excluding carboxylic acids is 2.